The van der Waals surface area contributed by atoms with Gasteiger partial charge < -0.3 is 25.0 Å². The average molecular weight is 429 g/mol. The van der Waals surface area contributed by atoms with E-state index >= 15 is 0 Å². The number of nitrogens with one attached hydrogen (secondary N) is 1. The molecule has 1 amide bonds. The first-order valence-corrected chi connectivity index (χ1v) is 11.0. The zero-order valence-electron chi connectivity index (χ0n) is 19.2. The van der Waals surface area contributed by atoms with Crippen molar-refractivity contribution < 1.29 is 29.3 Å². The number of likely N-dealkylation sites (N-methyl/N-ethyl adjacent to an activating group) is 1. The van der Waals surface area contributed by atoms with E-state index in [9.17, 15) is 19.8 Å². The number of aldehydes is 1. The van der Waals surface area contributed by atoms with Crippen molar-refractivity contribution in [3.63, 3.8) is 0 Å². The summed E-state index contributed by atoms with van der Waals surface area (Å²) in [6.07, 6.45) is 0.971. The fraction of sp³-hybridized carbons (Fsp3) is 0.909. The van der Waals surface area contributed by atoms with Gasteiger partial charge in [0.15, 0.2) is 18.8 Å². The van der Waals surface area contributed by atoms with Crippen LogP contribution in [-0.4, -0.2) is 78.3 Å². The first-order valence-electron chi connectivity index (χ1n) is 11.0. The fourth-order valence-corrected chi connectivity index (χ4v) is 4.68. The molecule has 30 heavy (non-hydrogen) atoms. The van der Waals surface area contributed by atoms with E-state index in [2.05, 4.69) is 12.2 Å². The Hall–Kier alpha value is -1.06. The highest BCUT2D eigenvalue weighted by Gasteiger charge is 2.52. The highest BCUT2D eigenvalue weighted by Crippen LogP contribution is 2.53. The fourth-order valence-electron chi connectivity index (χ4n) is 4.68. The monoisotopic (exact) mass is 428 g/mol. The molecule has 2 saturated carbocycles. The molecule has 2 aliphatic rings. The van der Waals surface area contributed by atoms with Gasteiger partial charge in [-0.15, -0.1) is 0 Å². The summed E-state index contributed by atoms with van der Waals surface area (Å²) in [5.41, 5.74) is -0.511. The van der Waals surface area contributed by atoms with E-state index in [1.807, 2.05) is 20.8 Å². The van der Waals surface area contributed by atoms with E-state index in [0.717, 1.165) is 12.7 Å². The molecule has 0 spiro atoms. The minimum atomic E-state index is -1.48. The van der Waals surface area contributed by atoms with Crippen molar-refractivity contribution in [2.75, 3.05) is 20.7 Å². The van der Waals surface area contributed by atoms with Crippen molar-refractivity contribution in [1.82, 2.24) is 10.2 Å². The maximum Gasteiger partial charge on any atom is 0.224 e. The van der Waals surface area contributed by atoms with Gasteiger partial charge in [0.2, 0.25) is 5.91 Å². The standard InChI is InChI=1S/C22H40N2O6/c1-13-16-9-15(16)10-17(29-6)20(13)23-21(28)14(7-8-19(26)27)11-24(5)18(12-25)30-22(2,3)4/h12-20,26-27H,7-11H2,1-6H3,(H,23,28)/t13-,14?,15-,16-,17?,18-,20?/m0/s1. The molecule has 0 aliphatic heterocycles. The number of aliphatic hydroxyl groups excluding tert-OH is 1. The van der Waals surface area contributed by atoms with Crippen molar-refractivity contribution in [2.45, 2.75) is 83.6 Å². The van der Waals surface area contributed by atoms with E-state index in [1.165, 1.54) is 6.42 Å². The minimum Gasteiger partial charge on any atom is -0.379 e. The van der Waals surface area contributed by atoms with Gasteiger partial charge in [0, 0.05) is 13.7 Å². The van der Waals surface area contributed by atoms with Gasteiger partial charge in [-0.3, -0.25) is 14.5 Å². The third kappa shape index (κ3) is 6.99. The summed E-state index contributed by atoms with van der Waals surface area (Å²) in [4.78, 5) is 26.5. The Morgan fingerprint density at radius 2 is 1.93 bits per heavy atom. The Kier molecular flexibility index (Phi) is 8.82. The predicted molar refractivity (Wildman–Crippen MR) is 112 cm³/mol. The van der Waals surface area contributed by atoms with Crippen LogP contribution in [0.5, 0.6) is 0 Å². The van der Waals surface area contributed by atoms with Gasteiger partial charge in [-0.25, -0.2) is 0 Å². The molecule has 174 valence electrons. The lowest BCUT2D eigenvalue weighted by Crippen LogP contribution is -2.54. The van der Waals surface area contributed by atoms with Crippen LogP contribution < -0.4 is 5.32 Å². The quantitative estimate of drug-likeness (QED) is 0.334. The molecule has 2 fully saturated rings. The number of hydrogen-bond acceptors (Lipinski definition) is 7. The summed E-state index contributed by atoms with van der Waals surface area (Å²) in [5.74, 6) is 1.02. The van der Waals surface area contributed by atoms with Crippen LogP contribution in [-0.2, 0) is 19.1 Å². The molecule has 2 rings (SSSR count). The Morgan fingerprint density at radius 1 is 1.27 bits per heavy atom. The second-order valence-electron chi connectivity index (χ2n) is 10.0. The van der Waals surface area contributed by atoms with Crippen molar-refractivity contribution >= 4 is 12.2 Å². The summed E-state index contributed by atoms with van der Waals surface area (Å²) in [5, 5.41) is 21.8. The Bertz CT molecular complexity index is 578. The topological polar surface area (TPSA) is 108 Å². The third-order valence-electron chi connectivity index (χ3n) is 6.44. The lowest BCUT2D eigenvalue weighted by Gasteiger charge is -2.37. The van der Waals surface area contributed by atoms with Crippen molar-refractivity contribution in [3.8, 4) is 0 Å². The lowest BCUT2D eigenvalue weighted by molar-refractivity contribution is -0.152. The average Bonchev–Trinajstić information content (AvgIpc) is 3.43. The molecule has 0 aromatic rings. The molecule has 0 heterocycles. The smallest absolute Gasteiger partial charge is 0.224 e. The molecule has 3 unspecified atom stereocenters. The van der Waals surface area contributed by atoms with Gasteiger partial charge in [0.05, 0.1) is 23.7 Å². The van der Waals surface area contributed by atoms with Crippen LogP contribution in [0.25, 0.3) is 0 Å². The van der Waals surface area contributed by atoms with Gasteiger partial charge in [-0.2, -0.15) is 0 Å². The van der Waals surface area contributed by atoms with Gasteiger partial charge >= 0.3 is 0 Å². The second kappa shape index (κ2) is 10.5. The van der Waals surface area contributed by atoms with E-state index in [0.29, 0.717) is 24.2 Å². The zero-order valence-corrected chi connectivity index (χ0v) is 19.2. The highest BCUT2D eigenvalue weighted by molar-refractivity contribution is 5.79. The largest absolute Gasteiger partial charge is 0.379 e. The number of rotatable bonds is 11. The van der Waals surface area contributed by atoms with Crippen LogP contribution in [0.4, 0.5) is 0 Å². The maximum absolute atomic E-state index is 13.2. The molecule has 8 heteroatoms. The van der Waals surface area contributed by atoms with Crippen LogP contribution >= 0.6 is 0 Å². The summed E-state index contributed by atoms with van der Waals surface area (Å²) in [7, 11) is 3.42. The van der Waals surface area contributed by atoms with E-state index in [1.54, 1.807) is 19.1 Å². The second-order valence-corrected chi connectivity index (χ2v) is 10.0. The Morgan fingerprint density at radius 3 is 2.47 bits per heavy atom. The van der Waals surface area contributed by atoms with Crippen molar-refractivity contribution in [3.05, 3.63) is 0 Å². The molecule has 8 nitrogen and oxygen atoms in total. The zero-order chi connectivity index (χ0) is 22.6. The molecule has 3 N–H and O–H groups in total. The molecule has 0 radical (unpaired) electrons. The van der Waals surface area contributed by atoms with Gasteiger partial charge in [0.1, 0.15) is 0 Å². The first-order chi connectivity index (χ1) is 14.0. The molecule has 0 aromatic carbocycles. The Balaban J connectivity index is 2.06. The van der Waals surface area contributed by atoms with E-state index < -0.39 is 24.0 Å². The van der Waals surface area contributed by atoms with Gasteiger partial charge in [0.25, 0.3) is 0 Å². The van der Waals surface area contributed by atoms with Crippen LogP contribution in [0, 0.1) is 23.7 Å². The van der Waals surface area contributed by atoms with Gasteiger partial charge in [-0.05, 0) is 71.3 Å². The molecule has 7 atom stereocenters. The summed E-state index contributed by atoms with van der Waals surface area (Å²) >= 11 is 0. The molecular formula is C22H40N2O6. The number of nitrogens with zero attached hydrogens (tertiary/aromatic N) is 1. The van der Waals surface area contributed by atoms with E-state index in [4.69, 9.17) is 9.47 Å². The van der Waals surface area contributed by atoms with Crippen LogP contribution in [0.1, 0.15) is 53.4 Å². The van der Waals surface area contributed by atoms with E-state index in [-0.39, 0.29) is 31.0 Å². The van der Waals surface area contributed by atoms with Crippen molar-refractivity contribution in [2.24, 2.45) is 23.7 Å². The summed E-state index contributed by atoms with van der Waals surface area (Å²) in [6.45, 7) is 8.03. The molecule has 0 aromatic heterocycles. The molecule has 2 aliphatic carbocycles. The van der Waals surface area contributed by atoms with Crippen LogP contribution in [0.3, 0.4) is 0 Å². The number of aliphatic hydroxyl groups is 2. The summed E-state index contributed by atoms with van der Waals surface area (Å²) < 4.78 is 11.5. The van der Waals surface area contributed by atoms with Crippen LogP contribution in [0.2, 0.25) is 0 Å². The maximum atomic E-state index is 13.2. The number of hydrogen-bond donors (Lipinski definition) is 3. The highest BCUT2D eigenvalue weighted by atomic mass is 16.5. The summed E-state index contributed by atoms with van der Waals surface area (Å²) in [6, 6.07) is -0.0641. The van der Waals surface area contributed by atoms with Crippen molar-refractivity contribution in [1.29, 1.82) is 0 Å². The number of carbonyl (C=O) groups excluding carboxylic acids is 2. The number of ether oxygens (including phenoxy) is 2. The number of carbonyl (C=O) groups is 2. The van der Waals surface area contributed by atoms with Crippen LogP contribution in [0.15, 0.2) is 0 Å². The molecule has 0 bridgehead atoms. The molecular weight excluding hydrogens is 388 g/mol. The lowest BCUT2D eigenvalue weighted by atomic mass is 9.83. The number of amides is 1. The number of fused-ring (bicyclic) bond motifs is 1. The Labute approximate surface area is 180 Å². The predicted octanol–water partition coefficient (Wildman–Crippen LogP) is 1.14. The third-order valence-corrected chi connectivity index (χ3v) is 6.44. The first kappa shape index (κ1) is 25.2. The normalized spacial score (nSPS) is 30.7. The van der Waals surface area contributed by atoms with Gasteiger partial charge in [-0.1, -0.05) is 6.92 Å². The SMILES string of the molecule is COC1C[C@@H]2C[C@H]2[C@H](C)C1NC(=O)C(CCC(O)O)CN(C)[C@H](C=O)OC(C)(C)C. The minimum absolute atomic E-state index is 0.0125. The number of methoxy groups -OCH3 is 1. The molecule has 0 saturated heterocycles.